The van der Waals surface area contributed by atoms with Crippen molar-refractivity contribution >= 4 is 57.3 Å². The van der Waals surface area contributed by atoms with E-state index in [1.807, 2.05) is 24.3 Å². The van der Waals surface area contributed by atoms with E-state index >= 15 is 0 Å². The van der Waals surface area contributed by atoms with Gasteiger partial charge in [0.05, 0.1) is 0 Å². The molecule has 2 aliphatic carbocycles. The zero-order valence-electron chi connectivity index (χ0n) is 22.8. The summed E-state index contributed by atoms with van der Waals surface area (Å²) >= 11 is 2.90. The van der Waals surface area contributed by atoms with Crippen LogP contribution in [0.3, 0.4) is 0 Å². The van der Waals surface area contributed by atoms with Gasteiger partial charge in [0, 0.05) is 0 Å². The molecule has 0 bridgehead atoms. The molecule has 0 N–H and O–H groups in total. The smallest absolute Gasteiger partial charge is 0.0809 e. The van der Waals surface area contributed by atoms with Crippen molar-refractivity contribution in [2.75, 3.05) is 0 Å². The van der Waals surface area contributed by atoms with Crippen molar-refractivity contribution in [2.45, 2.75) is 39.0 Å². The molecular formula is C32H38Cl2Hf2Si2. The van der Waals surface area contributed by atoms with Gasteiger partial charge in [0.25, 0.3) is 0 Å². The van der Waals surface area contributed by atoms with Crippen molar-refractivity contribution in [3.05, 3.63) is 134 Å². The molecule has 0 heterocycles. The van der Waals surface area contributed by atoms with Gasteiger partial charge in [-0.15, -0.1) is 97.0 Å². The van der Waals surface area contributed by atoms with Gasteiger partial charge >= 0.3 is 83.2 Å². The second-order valence-electron chi connectivity index (χ2n) is 8.32. The second-order valence-corrected chi connectivity index (χ2v) is 33.9. The monoisotopic (exact) mass is 908 g/mol. The predicted octanol–water partition coefficient (Wildman–Crippen LogP) is 10.1. The summed E-state index contributed by atoms with van der Waals surface area (Å²) in [4.78, 5) is 0. The first-order chi connectivity index (χ1) is 17.4. The van der Waals surface area contributed by atoms with Crippen LogP contribution in [0.1, 0.15) is 12.8 Å². The van der Waals surface area contributed by atoms with Gasteiger partial charge in [0.15, 0.2) is 0 Å². The van der Waals surface area contributed by atoms with E-state index in [1.54, 1.807) is 0 Å². The van der Waals surface area contributed by atoms with E-state index in [9.17, 15) is 0 Å². The van der Waals surface area contributed by atoms with E-state index in [4.69, 9.17) is 0 Å². The molecule has 0 saturated heterocycles. The Hall–Kier alpha value is -0.626. The van der Waals surface area contributed by atoms with Crippen molar-refractivity contribution in [1.29, 1.82) is 0 Å². The van der Waals surface area contributed by atoms with E-state index in [0.29, 0.717) is 0 Å². The molecule has 0 spiro atoms. The van der Waals surface area contributed by atoms with Crippen LogP contribution in [-0.4, -0.2) is 11.0 Å². The summed E-state index contributed by atoms with van der Waals surface area (Å²) < 4.78 is 0. The van der Waals surface area contributed by atoms with Crippen LogP contribution < -0.4 is 0 Å². The van der Waals surface area contributed by atoms with Crippen molar-refractivity contribution in [3.63, 3.8) is 0 Å². The van der Waals surface area contributed by atoms with Crippen molar-refractivity contribution in [1.82, 2.24) is 0 Å². The first-order valence-electron chi connectivity index (χ1n) is 12.1. The fourth-order valence-electron chi connectivity index (χ4n) is 2.82. The fraction of sp³-hybridized carbons (Fsp3) is 0.188. The summed E-state index contributed by atoms with van der Waals surface area (Å²) in [6, 6.07) is 29.3. The maximum absolute atomic E-state index is 2.99. The summed E-state index contributed by atoms with van der Waals surface area (Å²) in [6.45, 7) is 9.32. The van der Waals surface area contributed by atoms with Gasteiger partial charge < -0.3 is 0 Å². The van der Waals surface area contributed by atoms with Gasteiger partial charge in [0.2, 0.25) is 0 Å². The second kappa shape index (κ2) is 26.6. The first-order valence-corrected chi connectivity index (χ1v) is 27.9. The van der Waals surface area contributed by atoms with E-state index < -0.39 is 0 Å². The molecule has 0 aliphatic heterocycles. The van der Waals surface area contributed by atoms with Crippen LogP contribution in [0, 0.1) is 12.2 Å². The van der Waals surface area contributed by atoms with Gasteiger partial charge in [0.1, 0.15) is 0 Å². The zero-order chi connectivity index (χ0) is 26.4. The van der Waals surface area contributed by atoms with Crippen LogP contribution in [0.2, 0.25) is 26.2 Å². The van der Waals surface area contributed by atoms with Crippen LogP contribution in [0.4, 0.5) is 0 Å². The maximum Gasteiger partial charge on any atom is -0.0809 e. The summed E-state index contributed by atoms with van der Waals surface area (Å²) in [6.07, 6.45) is 20.0. The number of allylic oxidation sites excluding steroid dienone is 8. The maximum atomic E-state index is 2.99. The Morgan fingerprint density at radius 3 is 1.18 bits per heavy atom. The molecule has 0 atom stereocenters. The van der Waals surface area contributed by atoms with Crippen LogP contribution in [-0.2, 0) is 46.0 Å². The molecule has 0 radical (unpaired) electrons. The molecule has 0 saturated carbocycles. The molecule has 196 valence electrons. The van der Waals surface area contributed by atoms with Crippen LogP contribution in [0.25, 0.3) is 21.5 Å². The number of rotatable bonds is 0. The van der Waals surface area contributed by atoms with Gasteiger partial charge in [-0.05, 0) is 0 Å². The third-order valence-electron chi connectivity index (χ3n) is 4.27. The van der Waals surface area contributed by atoms with Crippen molar-refractivity contribution < 1.29 is 46.0 Å². The minimum atomic E-state index is 0. The molecule has 0 fully saturated rings. The summed E-state index contributed by atoms with van der Waals surface area (Å²) in [5.41, 5.74) is 0.519. The van der Waals surface area contributed by atoms with E-state index in [1.165, 1.54) is 67.5 Å². The zero-order valence-corrected chi connectivity index (χ0v) is 33.6. The van der Waals surface area contributed by atoms with Crippen LogP contribution >= 0.6 is 24.8 Å². The van der Waals surface area contributed by atoms with Gasteiger partial charge in [-0.1, -0.05) is 12.1 Å². The summed E-state index contributed by atoms with van der Waals surface area (Å²) in [5, 5.41) is 5.32. The molecule has 2 aliphatic rings. The fourth-order valence-corrected chi connectivity index (χ4v) is 2.82. The van der Waals surface area contributed by atoms with Crippen molar-refractivity contribution in [2.24, 2.45) is 0 Å². The molecule has 4 aromatic carbocycles. The van der Waals surface area contributed by atoms with Gasteiger partial charge in [-0.2, -0.15) is 47.2 Å². The average molecular weight is 907 g/mol. The molecule has 0 nitrogen and oxygen atoms in total. The number of halogens is 2. The Bertz CT molecular complexity index is 1090. The topological polar surface area (TPSA) is 0 Å². The Balaban J connectivity index is 0. The van der Waals surface area contributed by atoms with Crippen molar-refractivity contribution in [3.8, 4) is 0 Å². The normalized spacial score (nSPS) is 10.9. The van der Waals surface area contributed by atoms with Gasteiger partial charge in [-0.3, -0.25) is 12.2 Å². The molecule has 0 aromatic heterocycles. The van der Waals surface area contributed by atoms with Gasteiger partial charge in [-0.25, -0.2) is 24.3 Å². The first kappa shape index (κ1) is 39.5. The van der Waals surface area contributed by atoms with Crippen LogP contribution in [0.15, 0.2) is 121 Å². The number of hydrogen-bond donors (Lipinski definition) is 0. The Labute approximate surface area is 273 Å². The summed E-state index contributed by atoms with van der Waals surface area (Å²) in [5.74, 6) is 0. The number of fused-ring (bicyclic) bond motifs is 2. The molecule has 4 aromatic rings. The van der Waals surface area contributed by atoms with E-state index in [2.05, 4.69) is 135 Å². The number of hydrogen-bond acceptors (Lipinski definition) is 0. The molecule has 38 heavy (non-hydrogen) atoms. The predicted molar refractivity (Wildman–Crippen MR) is 172 cm³/mol. The van der Waals surface area contributed by atoms with Crippen LogP contribution in [0.5, 0.6) is 0 Å². The largest absolute Gasteiger partial charge is 0.273 e. The molecular weight excluding hydrogens is 868 g/mol. The number of benzene rings is 2. The molecule has 6 rings (SSSR count). The van der Waals surface area contributed by atoms with E-state index in [0.717, 1.165) is 12.8 Å². The third-order valence-corrected chi connectivity index (χ3v) is 4.27. The minimum Gasteiger partial charge on any atom is -0.273 e. The quantitative estimate of drug-likeness (QED) is 0.122. The SMILES string of the molecule is C[Si](C)=[Hf+2].C[Si](C)=[Hf+2].Cl.Cl.[C-]1=CC=CC1.[C-]1=CC=CC1.c1ccc2[cH-]ccc2c1.c1ccc2[cH-]ccc2c1. The molecule has 0 amide bonds. The Kier molecular flexibility index (Phi) is 27.7. The van der Waals surface area contributed by atoms with E-state index in [-0.39, 0.29) is 35.8 Å². The molecule has 0 unspecified atom stereocenters. The minimum absolute atomic E-state index is 0. The molecule has 6 heteroatoms. The summed E-state index contributed by atoms with van der Waals surface area (Å²) in [7, 11) is 0. The Morgan fingerprint density at radius 1 is 0.605 bits per heavy atom. The average Bonchev–Trinajstić information content (AvgIpc) is 3.68. The third kappa shape index (κ3) is 22.2. The Morgan fingerprint density at radius 2 is 0.947 bits per heavy atom. The standard InChI is InChI=1S/2C9H7.2C5H5.2C2H6Si.2ClH.2Hf/c2*1-2-5-9-7-3-6-8(9)4-1;2*1-2-4-5-3-1;2*1-3-2;;;;/h2*1-7H;2*1-3H,4H2;2*1-2H3;2*1H;;/q4*-1;;;;;2*+2.